The number of aromatic nitrogens is 3. The van der Waals surface area contributed by atoms with Crippen molar-refractivity contribution >= 4 is 30.0 Å². The van der Waals surface area contributed by atoms with Crippen LogP contribution in [0.25, 0.3) is 32.9 Å². The Kier molecular flexibility index (Phi) is 10.1. The molecule has 2 fully saturated rings. The summed E-state index contributed by atoms with van der Waals surface area (Å²) in [7, 11) is -1.16. The third-order valence-corrected chi connectivity index (χ3v) is 15.7. The minimum Gasteiger partial charge on any atom is -0.472 e. The van der Waals surface area contributed by atoms with Gasteiger partial charge >= 0.3 is 6.01 Å². The lowest BCUT2D eigenvalue weighted by Gasteiger charge is -2.36. The summed E-state index contributed by atoms with van der Waals surface area (Å²) < 4.78 is 114. The fourth-order valence-corrected chi connectivity index (χ4v) is 8.10. The van der Waals surface area contributed by atoms with Gasteiger partial charge < -0.3 is 23.4 Å². The van der Waals surface area contributed by atoms with Crippen LogP contribution in [0.4, 0.5) is 13.2 Å². The Labute approximate surface area is 333 Å². The second-order valence-corrected chi connectivity index (χ2v) is 20.8. The molecule has 9 nitrogen and oxygen atoms in total. The second kappa shape index (κ2) is 16.3. The lowest BCUT2D eigenvalue weighted by Crippen LogP contribution is -2.43. The van der Waals surface area contributed by atoms with Gasteiger partial charge in [-0.15, -0.1) is 0 Å². The molecule has 2 aliphatic rings. The van der Waals surface area contributed by atoms with Crippen molar-refractivity contribution in [3.63, 3.8) is 0 Å². The summed E-state index contributed by atoms with van der Waals surface area (Å²) in [6, 6.07) is 14.4. The van der Waals surface area contributed by atoms with E-state index >= 15 is 8.78 Å². The van der Waals surface area contributed by atoms with Crippen LogP contribution in [0.1, 0.15) is 63.0 Å². The maximum Gasteiger partial charge on any atom is 0.320 e. The number of fused-ring (bicyclic) bond motifs is 3. The molecule has 3 aromatic carbocycles. The maximum absolute atomic E-state index is 17.5. The molecule has 2 aromatic heterocycles. The fourth-order valence-electron chi connectivity index (χ4n) is 7.24. The number of rotatable bonds is 15. The Bertz CT molecular complexity index is 2380. The topological polar surface area (TPSA) is 88.1 Å². The van der Waals surface area contributed by atoms with Gasteiger partial charge in [-0.25, -0.2) is 13.2 Å². The van der Waals surface area contributed by atoms with Crippen LogP contribution in [0.3, 0.4) is 0 Å². The largest absolute Gasteiger partial charge is 0.472 e. The van der Waals surface area contributed by atoms with Gasteiger partial charge in [0.1, 0.15) is 42.2 Å². The number of hydrogen-bond donors (Lipinski definition) is 0. The Morgan fingerprint density at radius 2 is 1.84 bits per heavy atom. The van der Waals surface area contributed by atoms with Crippen LogP contribution in [0.5, 0.6) is 17.6 Å². The standard InChI is InChI=1S/C43H51F3N4O5Si/c1-42(2,3)56(5,6)55-19-10-14-32-35(45)16-15-29-20-31(54-27-51-4)21-33(36(29)32)38-37(46)39-34(23-47-38)40(52-25-28-12-8-7-9-13-28)49-41(48-39)53-26-43-17-11-18-50(43)24-30(44)22-43/h7-9,12-13,15-16,20-21,23,30H,10-11,14,17-19,22,24-27H2,1-6H3/t30-,43+/m1/s1/i10D2,14D2. The highest BCUT2D eigenvalue weighted by Gasteiger charge is 2.49. The van der Waals surface area contributed by atoms with E-state index in [1.54, 1.807) is 0 Å². The Hall–Kier alpha value is -4.30. The zero-order valence-electron chi connectivity index (χ0n) is 36.7. The number of aryl methyl sites for hydroxylation is 1. The van der Waals surface area contributed by atoms with E-state index < -0.39 is 56.6 Å². The molecule has 7 rings (SSSR count). The molecule has 56 heavy (non-hydrogen) atoms. The monoisotopic (exact) mass is 792 g/mol. The molecule has 0 spiro atoms. The van der Waals surface area contributed by atoms with Gasteiger partial charge in [0.15, 0.2) is 20.9 Å². The summed E-state index contributed by atoms with van der Waals surface area (Å²) in [6.07, 6.45) is -3.55. The number of benzene rings is 3. The minimum absolute atomic E-state index is 0.0209. The van der Waals surface area contributed by atoms with Crippen molar-refractivity contribution in [2.75, 3.05) is 40.2 Å². The summed E-state index contributed by atoms with van der Waals surface area (Å²) in [5, 5.41) is -0.109. The van der Waals surface area contributed by atoms with Gasteiger partial charge in [-0.2, -0.15) is 9.97 Å². The normalized spacial score (nSPS) is 20.4. The average Bonchev–Trinajstić information content (AvgIpc) is 3.73. The molecule has 0 unspecified atom stereocenters. The molecular weight excluding hydrogens is 738 g/mol. The van der Waals surface area contributed by atoms with Crippen molar-refractivity contribution < 1.29 is 42.0 Å². The van der Waals surface area contributed by atoms with Crippen molar-refractivity contribution in [3.05, 3.63) is 83.6 Å². The molecule has 0 saturated carbocycles. The van der Waals surface area contributed by atoms with Crippen LogP contribution in [0.2, 0.25) is 18.1 Å². The van der Waals surface area contributed by atoms with Crippen molar-refractivity contribution in [3.8, 4) is 28.9 Å². The van der Waals surface area contributed by atoms with Gasteiger partial charge in [-0.1, -0.05) is 57.2 Å². The van der Waals surface area contributed by atoms with Crippen LogP contribution in [-0.2, 0) is 22.1 Å². The Morgan fingerprint density at radius 3 is 2.61 bits per heavy atom. The lowest BCUT2D eigenvalue weighted by atomic mass is 9.93. The number of pyridine rings is 1. The van der Waals surface area contributed by atoms with Gasteiger partial charge in [0.05, 0.1) is 10.9 Å². The molecule has 5 aromatic rings. The molecule has 2 atom stereocenters. The summed E-state index contributed by atoms with van der Waals surface area (Å²) in [4.78, 5) is 15.6. The van der Waals surface area contributed by atoms with Gasteiger partial charge in [-0.05, 0) is 90.4 Å². The molecular formula is C43H51F3N4O5Si. The number of alkyl halides is 1. The number of nitrogens with zero attached hydrogens (tertiary/aromatic N) is 4. The molecule has 298 valence electrons. The number of methoxy groups -OCH3 is 1. The molecule has 0 radical (unpaired) electrons. The number of ether oxygens (including phenoxy) is 4. The highest BCUT2D eigenvalue weighted by Crippen LogP contribution is 2.42. The third-order valence-electron chi connectivity index (χ3n) is 11.2. The first kappa shape index (κ1) is 34.9. The molecule has 2 aliphatic heterocycles. The predicted molar refractivity (Wildman–Crippen MR) is 213 cm³/mol. The molecule has 0 aliphatic carbocycles. The fraction of sp³-hybridized carbons (Fsp3) is 0.465. The van der Waals surface area contributed by atoms with Crippen molar-refractivity contribution in [2.45, 2.75) is 89.2 Å². The van der Waals surface area contributed by atoms with E-state index in [-0.39, 0.29) is 75.6 Å². The van der Waals surface area contributed by atoms with E-state index in [4.69, 9.17) is 26.1 Å². The van der Waals surface area contributed by atoms with Crippen LogP contribution < -0.4 is 14.2 Å². The Morgan fingerprint density at radius 1 is 1.04 bits per heavy atom. The maximum atomic E-state index is 17.5. The summed E-state index contributed by atoms with van der Waals surface area (Å²) >= 11 is 0. The van der Waals surface area contributed by atoms with E-state index in [1.807, 2.05) is 64.2 Å². The summed E-state index contributed by atoms with van der Waals surface area (Å²) in [5.74, 6) is -1.88. The first-order valence-electron chi connectivity index (χ1n) is 20.8. The van der Waals surface area contributed by atoms with E-state index in [0.29, 0.717) is 13.0 Å². The lowest BCUT2D eigenvalue weighted by molar-refractivity contribution is 0.0512. The van der Waals surface area contributed by atoms with Crippen LogP contribution in [0.15, 0.2) is 60.8 Å². The number of halogens is 3. The Balaban J connectivity index is 1.38. The quantitative estimate of drug-likeness (QED) is 0.0760. The van der Waals surface area contributed by atoms with Gasteiger partial charge in [0.25, 0.3) is 0 Å². The van der Waals surface area contributed by atoms with Gasteiger partial charge in [0.2, 0.25) is 5.88 Å². The van der Waals surface area contributed by atoms with E-state index in [9.17, 15) is 7.13 Å². The zero-order valence-corrected chi connectivity index (χ0v) is 33.7. The first-order valence-corrected chi connectivity index (χ1v) is 21.8. The van der Waals surface area contributed by atoms with Crippen molar-refractivity contribution in [1.29, 1.82) is 0 Å². The molecule has 13 heteroatoms. The third kappa shape index (κ3) is 8.23. The van der Waals surface area contributed by atoms with Crippen molar-refractivity contribution in [1.82, 2.24) is 19.9 Å². The van der Waals surface area contributed by atoms with Crippen LogP contribution in [0, 0.1) is 11.6 Å². The molecule has 0 amide bonds. The van der Waals surface area contributed by atoms with E-state index in [1.165, 1.54) is 31.5 Å². The SMILES string of the molecule is [2H]C([2H])(CO[Si](C)(C)C(C)(C)C)C([2H])([2H])c1c(F)ccc2cc(OCOC)cc(-c3ncc4c(OCc5ccccc5)nc(OC[C@@]56CCCN5C[C@H](F)C6)nc4c3F)c12. The van der Waals surface area contributed by atoms with Gasteiger partial charge in [-0.3, -0.25) is 9.88 Å². The van der Waals surface area contributed by atoms with Gasteiger partial charge in [0, 0.05) is 43.9 Å². The predicted octanol–water partition coefficient (Wildman–Crippen LogP) is 9.59. The van der Waals surface area contributed by atoms with E-state index in [0.717, 1.165) is 31.0 Å². The number of hydrogen-bond acceptors (Lipinski definition) is 9. The molecule has 2 saturated heterocycles. The zero-order chi connectivity index (χ0) is 43.3. The highest BCUT2D eigenvalue weighted by molar-refractivity contribution is 6.74. The summed E-state index contributed by atoms with van der Waals surface area (Å²) in [6.45, 7) is 10.1. The molecule has 0 N–H and O–H groups in total. The minimum atomic E-state index is -3.01. The second-order valence-electron chi connectivity index (χ2n) is 16.0. The molecule has 0 bridgehead atoms. The first-order chi connectivity index (χ1) is 28.3. The molecule has 4 heterocycles. The van der Waals surface area contributed by atoms with Crippen molar-refractivity contribution in [2.24, 2.45) is 0 Å². The van der Waals surface area contributed by atoms with Crippen LogP contribution in [-0.4, -0.2) is 80.1 Å². The highest BCUT2D eigenvalue weighted by atomic mass is 28.4. The van der Waals surface area contributed by atoms with E-state index in [2.05, 4.69) is 19.9 Å². The average molecular weight is 793 g/mol. The smallest absolute Gasteiger partial charge is 0.320 e. The van der Waals surface area contributed by atoms with Crippen LogP contribution >= 0.6 is 0 Å². The summed E-state index contributed by atoms with van der Waals surface area (Å²) in [5.41, 5.74) is -1.07.